The van der Waals surface area contributed by atoms with Gasteiger partial charge < -0.3 is 14.0 Å². The van der Waals surface area contributed by atoms with Gasteiger partial charge in [-0.2, -0.15) is 0 Å². The molecule has 0 saturated carbocycles. The average molecular weight is 462 g/mol. The molecule has 1 amide bonds. The highest BCUT2D eigenvalue weighted by atomic mass is 32.2. The summed E-state index contributed by atoms with van der Waals surface area (Å²) in [6.45, 7) is 0. The number of Topliss-reactive ketones (excluding diaryl/α,β-unsaturated/α-hetero) is 1. The first-order chi connectivity index (χ1) is 16.0. The molecular weight excluding hydrogens is 438 g/mol. The molecule has 168 valence electrons. The molecule has 8 heteroatoms. The Morgan fingerprint density at radius 2 is 1.79 bits per heavy atom. The number of nitrogens with zero attached hydrogens (tertiary/aromatic N) is 3. The number of carbonyl (C=O) groups is 2. The number of aliphatic imine (C=N–C) groups is 1. The third-order valence-electron chi connectivity index (χ3n) is 5.12. The van der Waals surface area contributed by atoms with Crippen molar-refractivity contribution in [1.82, 2.24) is 4.57 Å². The molecule has 33 heavy (non-hydrogen) atoms. The van der Waals surface area contributed by atoms with E-state index in [1.165, 1.54) is 16.7 Å². The number of anilines is 1. The fraction of sp³-hybridized carbons (Fsp3) is 0.160. The van der Waals surface area contributed by atoms with Gasteiger partial charge in [0.25, 0.3) is 5.91 Å². The minimum absolute atomic E-state index is 0.0409. The zero-order valence-corrected chi connectivity index (χ0v) is 19.3. The summed E-state index contributed by atoms with van der Waals surface area (Å²) in [5.74, 6) is 1.19. The fourth-order valence-electron chi connectivity index (χ4n) is 3.38. The molecule has 1 aliphatic rings. The van der Waals surface area contributed by atoms with E-state index in [1.54, 1.807) is 43.1 Å². The van der Waals surface area contributed by atoms with Gasteiger partial charge in [-0.1, -0.05) is 30.0 Å². The van der Waals surface area contributed by atoms with Crippen LogP contribution in [0.2, 0.25) is 0 Å². The van der Waals surface area contributed by atoms with Crippen molar-refractivity contribution in [3.63, 3.8) is 0 Å². The Morgan fingerprint density at radius 3 is 2.45 bits per heavy atom. The number of aryl methyl sites for hydroxylation is 1. The van der Waals surface area contributed by atoms with E-state index in [1.807, 2.05) is 55.7 Å². The van der Waals surface area contributed by atoms with Crippen LogP contribution in [0.4, 0.5) is 5.69 Å². The predicted molar refractivity (Wildman–Crippen MR) is 131 cm³/mol. The standard InChI is InChI=1S/C25H23N3O4S/c1-27-13-5-8-22(27)23(29)16-33-25-26-21(14-17-9-11-19(31-2)12-10-17)24(30)28(25)18-6-4-7-20(15-18)32-3/h4-15H,16H2,1-3H3/b21-14-. The van der Waals surface area contributed by atoms with Crippen LogP contribution in [0.1, 0.15) is 16.1 Å². The van der Waals surface area contributed by atoms with E-state index in [2.05, 4.69) is 4.99 Å². The summed E-state index contributed by atoms with van der Waals surface area (Å²) >= 11 is 1.23. The molecule has 0 unspecified atom stereocenters. The van der Waals surface area contributed by atoms with Crippen LogP contribution in [0, 0.1) is 0 Å². The second-order valence-corrected chi connectivity index (χ2v) is 8.20. The van der Waals surface area contributed by atoms with Gasteiger partial charge in [0.15, 0.2) is 11.0 Å². The largest absolute Gasteiger partial charge is 0.497 e. The highest BCUT2D eigenvalue weighted by Gasteiger charge is 2.32. The van der Waals surface area contributed by atoms with Gasteiger partial charge in [0, 0.05) is 19.3 Å². The minimum Gasteiger partial charge on any atom is -0.497 e. The van der Waals surface area contributed by atoms with Crippen LogP contribution in [0.15, 0.2) is 77.5 Å². The molecule has 7 nitrogen and oxygen atoms in total. The minimum atomic E-state index is -0.270. The number of amides is 1. The molecule has 0 aliphatic carbocycles. The number of methoxy groups -OCH3 is 2. The predicted octanol–water partition coefficient (Wildman–Crippen LogP) is 4.40. The third kappa shape index (κ3) is 4.85. The van der Waals surface area contributed by atoms with Crippen molar-refractivity contribution in [1.29, 1.82) is 0 Å². The molecule has 1 aliphatic heterocycles. The van der Waals surface area contributed by atoms with Crippen molar-refractivity contribution in [3.05, 3.63) is 83.8 Å². The zero-order valence-electron chi connectivity index (χ0n) is 18.5. The van der Waals surface area contributed by atoms with E-state index in [-0.39, 0.29) is 23.1 Å². The lowest BCUT2D eigenvalue weighted by Crippen LogP contribution is -2.31. The van der Waals surface area contributed by atoms with E-state index in [0.29, 0.717) is 22.3 Å². The van der Waals surface area contributed by atoms with Gasteiger partial charge in [0.2, 0.25) is 0 Å². The summed E-state index contributed by atoms with van der Waals surface area (Å²) in [6, 6.07) is 18.2. The van der Waals surface area contributed by atoms with E-state index < -0.39 is 0 Å². The molecule has 2 aromatic carbocycles. The molecule has 0 atom stereocenters. The van der Waals surface area contributed by atoms with Crippen LogP contribution in [0.3, 0.4) is 0 Å². The molecule has 4 rings (SSSR count). The molecule has 0 radical (unpaired) electrons. The van der Waals surface area contributed by atoms with Crippen LogP contribution in [0.5, 0.6) is 11.5 Å². The normalized spacial score (nSPS) is 14.5. The molecule has 2 heterocycles. The Labute approximate surface area is 196 Å². The Hall–Kier alpha value is -3.78. The number of hydrogen-bond donors (Lipinski definition) is 0. The SMILES string of the molecule is COc1ccc(/C=C2\N=C(SCC(=O)c3cccn3C)N(c3cccc(OC)c3)C2=O)cc1. The monoisotopic (exact) mass is 461 g/mol. The van der Waals surface area contributed by atoms with Gasteiger partial charge in [0.05, 0.1) is 31.4 Å². The molecule has 0 N–H and O–H groups in total. The zero-order chi connectivity index (χ0) is 23.4. The van der Waals surface area contributed by atoms with Gasteiger partial charge in [0.1, 0.15) is 17.2 Å². The van der Waals surface area contributed by atoms with Crippen molar-refractivity contribution in [2.24, 2.45) is 12.0 Å². The fourth-order valence-corrected chi connectivity index (χ4v) is 4.27. The van der Waals surface area contributed by atoms with Gasteiger partial charge in [-0.05, 0) is 48.0 Å². The maximum Gasteiger partial charge on any atom is 0.283 e. The number of ketones is 1. The van der Waals surface area contributed by atoms with Crippen molar-refractivity contribution in [3.8, 4) is 11.5 Å². The Morgan fingerprint density at radius 1 is 1.03 bits per heavy atom. The molecule has 1 aromatic heterocycles. The Bertz CT molecular complexity index is 1240. The number of thioether (sulfide) groups is 1. The molecule has 0 saturated heterocycles. The maximum absolute atomic E-state index is 13.3. The van der Waals surface area contributed by atoms with Crippen molar-refractivity contribution >= 4 is 40.4 Å². The summed E-state index contributed by atoms with van der Waals surface area (Å²) in [4.78, 5) is 32.1. The quantitative estimate of drug-likeness (QED) is 0.385. The highest BCUT2D eigenvalue weighted by molar-refractivity contribution is 8.14. The van der Waals surface area contributed by atoms with E-state index in [4.69, 9.17) is 9.47 Å². The average Bonchev–Trinajstić information content (AvgIpc) is 3.40. The van der Waals surface area contributed by atoms with Gasteiger partial charge in [-0.3, -0.25) is 14.5 Å². The van der Waals surface area contributed by atoms with Crippen molar-refractivity contribution < 1.29 is 19.1 Å². The van der Waals surface area contributed by atoms with Crippen molar-refractivity contribution in [2.75, 3.05) is 24.9 Å². The third-order valence-corrected chi connectivity index (χ3v) is 6.06. The summed E-state index contributed by atoms with van der Waals surface area (Å²) in [5.41, 5.74) is 2.33. The lowest BCUT2D eigenvalue weighted by atomic mass is 10.2. The first kappa shape index (κ1) is 22.4. The Balaban J connectivity index is 1.65. The second-order valence-electron chi connectivity index (χ2n) is 7.26. The van der Waals surface area contributed by atoms with E-state index >= 15 is 0 Å². The molecule has 0 spiro atoms. The summed E-state index contributed by atoms with van der Waals surface area (Å²) in [7, 11) is 5.00. The number of ether oxygens (including phenoxy) is 2. The number of benzene rings is 2. The summed E-state index contributed by atoms with van der Waals surface area (Å²) < 4.78 is 12.3. The van der Waals surface area contributed by atoms with E-state index in [9.17, 15) is 9.59 Å². The lowest BCUT2D eigenvalue weighted by molar-refractivity contribution is -0.113. The molecule has 3 aromatic rings. The van der Waals surface area contributed by atoms with Crippen LogP contribution in [0.25, 0.3) is 6.08 Å². The first-order valence-corrected chi connectivity index (χ1v) is 11.2. The van der Waals surface area contributed by atoms with Crippen LogP contribution >= 0.6 is 11.8 Å². The smallest absolute Gasteiger partial charge is 0.283 e. The molecular formula is C25H23N3O4S. The first-order valence-electron chi connectivity index (χ1n) is 10.2. The van der Waals surface area contributed by atoms with E-state index in [0.717, 1.165) is 11.3 Å². The number of aromatic nitrogens is 1. The highest BCUT2D eigenvalue weighted by Crippen LogP contribution is 2.31. The topological polar surface area (TPSA) is 73.1 Å². The van der Waals surface area contributed by atoms with Gasteiger partial charge >= 0.3 is 0 Å². The molecule has 0 bridgehead atoms. The number of hydrogen-bond acceptors (Lipinski definition) is 6. The summed E-state index contributed by atoms with van der Waals surface area (Å²) in [5, 5.41) is 0.440. The number of amidine groups is 1. The van der Waals surface area contributed by atoms with Gasteiger partial charge in [-0.25, -0.2) is 4.99 Å². The van der Waals surface area contributed by atoms with Crippen LogP contribution in [-0.2, 0) is 11.8 Å². The number of rotatable bonds is 7. The Kier molecular flexibility index (Phi) is 6.65. The van der Waals surface area contributed by atoms with Crippen molar-refractivity contribution in [2.45, 2.75) is 0 Å². The van der Waals surface area contributed by atoms with Crippen LogP contribution < -0.4 is 14.4 Å². The van der Waals surface area contributed by atoms with Crippen LogP contribution in [-0.4, -0.2) is 41.4 Å². The lowest BCUT2D eigenvalue weighted by Gasteiger charge is -2.18. The molecule has 0 fully saturated rings. The number of carbonyl (C=O) groups excluding carboxylic acids is 2. The van der Waals surface area contributed by atoms with Gasteiger partial charge in [-0.15, -0.1) is 0 Å². The maximum atomic E-state index is 13.3. The second kappa shape index (κ2) is 9.79. The summed E-state index contributed by atoms with van der Waals surface area (Å²) in [6.07, 6.45) is 3.55.